The number of carbonyl (C=O) groups is 4. The molecule has 0 heterocycles. The minimum atomic E-state index is -1.17. The summed E-state index contributed by atoms with van der Waals surface area (Å²) in [6.07, 6.45) is 6.64. The van der Waals surface area contributed by atoms with Gasteiger partial charge in [0.15, 0.2) is 6.61 Å². The smallest absolute Gasteiger partial charge is 0.408 e. The molecule has 0 spiro atoms. The zero-order chi connectivity index (χ0) is 30.3. The van der Waals surface area contributed by atoms with Crippen LogP contribution in [0.15, 0.2) is 54.6 Å². The highest BCUT2D eigenvalue weighted by atomic mass is 16.5. The molecule has 10 heteroatoms. The van der Waals surface area contributed by atoms with Crippen molar-refractivity contribution in [2.75, 3.05) is 13.2 Å². The number of aliphatic carboxylic acids is 1. The normalized spacial score (nSPS) is 15.1. The Morgan fingerprint density at radius 1 is 0.881 bits per heavy atom. The average molecular weight is 582 g/mol. The van der Waals surface area contributed by atoms with Crippen molar-refractivity contribution in [2.24, 2.45) is 11.8 Å². The summed E-state index contributed by atoms with van der Waals surface area (Å²) in [7, 11) is 0. The number of carboxylic acids is 1. The van der Waals surface area contributed by atoms with E-state index in [1.54, 1.807) is 62.4 Å². The van der Waals surface area contributed by atoms with E-state index < -0.39 is 30.1 Å². The highest BCUT2D eigenvalue weighted by Gasteiger charge is 2.29. The van der Waals surface area contributed by atoms with E-state index in [0.717, 1.165) is 18.4 Å². The Hall–Kier alpha value is -4.08. The van der Waals surface area contributed by atoms with Crippen LogP contribution < -0.4 is 20.7 Å². The van der Waals surface area contributed by atoms with E-state index >= 15 is 0 Å². The topological polar surface area (TPSA) is 143 Å². The fourth-order valence-electron chi connectivity index (χ4n) is 4.87. The number of amides is 3. The highest BCUT2D eigenvalue weighted by Crippen LogP contribution is 2.22. The summed E-state index contributed by atoms with van der Waals surface area (Å²) in [5, 5.41) is 17.6. The quantitative estimate of drug-likeness (QED) is 0.245. The summed E-state index contributed by atoms with van der Waals surface area (Å²) in [4.78, 5) is 49.3. The third kappa shape index (κ3) is 11.4. The maximum atomic E-state index is 12.9. The summed E-state index contributed by atoms with van der Waals surface area (Å²) in [5.41, 5.74) is 1.46. The second-order valence-corrected chi connectivity index (χ2v) is 11.1. The molecule has 1 saturated carbocycles. The summed E-state index contributed by atoms with van der Waals surface area (Å²) in [6.45, 7) is 4.05. The fourth-order valence-corrected chi connectivity index (χ4v) is 4.87. The predicted molar refractivity (Wildman–Crippen MR) is 158 cm³/mol. The lowest BCUT2D eigenvalue weighted by atomic mass is 10.0. The molecule has 0 aliphatic heterocycles. The van der Waals surface area contributed by atoms with Gasteiger partial charge in [-0.3, -0.25) is 9.59 Å². The van der Waals surface area contributed by atoms with Crippen molar-refractivity contribution < 1.29 is 33.8 Å². The van der Waals surface area contributed by atoms with Gasteiger partial charge in [-0.05, 0) is 47.9 Å². The van der Waals surface area contributed by atoms with Crippen LogP contribution in [0.1, 0.15) is 63.5 Å². The lowest BCUT2D eigenvalue weighted by Gasteiger charge is -2.24. The molecule has 1 aliphatic rings. The van der Waals surface area contributed by atoms with E-state index in [1.165, 1.54) is 25.7 Å². The van der Waals surface area contributed by atoms with Gasteiger partial charge in [-0.2, -0.15) is 0 Å². The number of benzene rings is 2. The van der Waals surface area contributed by atoms with Gasteiger partial charge in [-0.1, -0.05) is 82.0 Å². The van der Waals surface area contributed by atoms with Crippen molar-refractivity contribution in [3.8, 4) is 5.75 Å². The van der Waals surface area contributed by atoms with Gasteiger partial charge in [0.1, 0.15) is 24.4 Å². The van der Waals surface area contributed by atoms with E-state index in [1.807, 2.05) is 6.07 Å². The standard InChI is InChI=1S/C32H43N3O7/c1-22(2)29(30(37)34-27(31(38)39)18-23-10-8-5-9-11-23)35-32(40)42-20-25-14-16-26(17-15-25)41-21-28(36)33-19-24-12-6-3-4-7-13-24/h5,8-11,14-17,22,24,27,29H,3-4,6-7,12-13,18-21H2,1-2H3,(H,33,36)(H,34,37)(H,35,40)(H,38,39)/t27-,29-/m0/s1. The van der Waals surface area contributed by atoms with Crippen molar-refractivity contribution in [2.45, 2.75) is 77.5 Å². The molecular weight excluding hydrogens is 538 g/mol. The summed E-state index contributed by atoms with van der Waals surface area (Å²) >= 11 is 0. The van der Waals surface area contributed by atoms with E-state index in [9.17, 15) is 24.3 Å². The van der Waals surface area contributed by atoms with Crippen LogP contribution >= 0.6 is 0 Å². The Kier molecular flexibility index (Phi) is 13.1. The number of ether oxygens (including phenoxy) is 2. The van der Waals surface area contributed by atoms with Gasteiger partial charge >= 0.3 is 12.1 Å². The van der Waals surface area contributed by atoms with Gasteiger partial charge in [-0.25, -0.2) is 9.59 Å². The van der Waals surface area contributed by atoms with Crippen LogP contribution in [-0.2, 0) is 32.1 Å². The van der Waals surface area contributed by atoms with Gasteiger partial charge in [0.25, 0.3) is 5.91 Å². The first-order chi connectivity index (χ1) is 20.2. The monoisotopic (exact) mass is 581 g/mol. The van der Waals surface area contributed by atoms with E-state index in [-0.39, 0.29) is 31.5 Å². The number of rotatable bonds is 14. The summed E-state index contributed by atoms with van der Waals surface area (Å²) < 4.78 is 10.9. The molecule has 4 N–H and O–H groups in total. The van der Waals surface area contributed by atoms with Crippen LogP contribution in [0.3, 0.4) is 0 Å². The molecule has 228 valence electrons. The van der Waals surface area contributed by atoms with Crippen LogP contribution in [0.5, 0.6) is 5.75 Å². The Labute approximate surface area is 247 Å². The molecule has 2 aromatic carbocycles. The fraction of sp³-hybridized carbons (Fsp3) is 0.500. The number of nitrogens with one attached hydrogen (secondary N) is 3. The molecule has 0 unspecified atom stereocenters. The number of hydrogen-bond acceptors (Lipinski definition) is 6. The number of carboxylic acid groups (broad SMARTS) is 1. The maximum Gasteiger partial charge on any atom is 0.408 e. The van der Waals surface area contributed by atoms with Crippen LogP contribution in [0.25, 0.3) is 0 Å². The number of hydrogen-bond donors (Lipinski definition) is 4. The third-order valence-corrected chi connectivity index (χ3v) is 7.35. The maximum absolute atomic E-state index is 12.9. The first-order valence-electron chi connectivity index (χ1n) is 14.7. The third-order valence-electron chi connectivity index (χ3n) is 7.35. The Morgan fingerprint density at radius 2 is 1.55 bits per heavy atom. The largest absolute Gasteiger partial charge is 0.484 e. The summed E-state index contributed by atoms with van der Waals surface area (Å²) in [6, 6.07) is 13.7. The lowest BCUT2D eigenvalue weighted by molar-refractivity contribution is -0.142. The molecule has 0 saturated heterocycles. The summed E-state index contributed by atoms with van der Waals surface area (Å²) in [5.74, 6) is -1.18. The molecule has 0 aromatic heterocycles. The highest BCUT2D eigenvalue weighted by molar-refractivity contribution is 5.89. The van der Waals surface area contributed by atoms with Crippen LogP contribution in [0.4, 0.5) is 4.79 Å². The van der Waals surface area contributed by atoms with Gasteiger partial charge in [0.2, 0.25) is 5.91 Å². The van der Waals surface area contributed by atoms with Gasteiger partial charge < -0.3 is 30.5 Å². The molecule has 42 heavy (non-hydrogen) atoms. The first-order valence-corrected chi connectivity index (χ1v) is 14.7. The van der Waals surface area contributed by atoms with Crippen molar-refractivity contribution in [3.05, 3.63) is 65.7 Å². The van der Waals surface area contributed by atoms with Crippen LogP contribution in [0, 0.1) is 11.8 Å². The Balaban J connectivity index is 1.41. The van der Waals surface area contributed by atoms with E-state index in [0.29, 0.717) is 23.8 Å². The van der Waals surface area contributed by atoms with E-state index in [4.69, 9.17) is 9.47 Å². The molecule has 1 fully saturated rings. The van der Waals surface area contributed by atoms with Crippen LogP contribution in [-0.4, -0.2) is 54.2 Å². The van der Waals surface area contributed by atoms with Crippen molar-refractivity contribution in [1.29, 1.82) is 0 Å². The lowest BCUT2D eigenvalue weighted by Crippen LogP contribution is -2.54. The first kappa shape index (κ1) is 32.4. The second kappa shape index (κ2) is 17.0. The van der Waals surface area contributed by atoms with Gasteiger partial charge in [-0.15, -0.1) is 0 Å². The predicted octanol–water partition coefficient (Wildman–Crippen LogP) is 4.21. The minimum absolute atomic E-state index is 0.0494. The van der Waals surface area contributed by atoms with Crippen molar-refractivity contribution in [1.82, 2.24) is 16.0 Å². The molecular formula is C32H43N3O7. The second-order valence-electron chi connectivity index (χ2n) is 11.1. The van der Waals surface area contributed by atoms with Crippen molar-refractivity contribution in [3.63, 3.8) is 0 Å². The zero-order valence-corrected chi connectivity index (χ0v) is 24.5. The molecule has 3 amide bonds. The number of alkyl carbamates (subject to hydrolysis) is 1. The molecule has 10 nitrogen and oxygen atoms in total. The Morgan fingerprint density at radius 3 is 2.17 bits per heavy atom. The average Bonchev–Trinajstić information content (AvgIpc) is 3.26. The molecule has 0 radical (unpaired) electrons. The van der Waals surface area contributed by atoms with Crippen molar-refractivity contribution >= 4 is 23.9 Å². The molecule has 2 aromatic rings. The van der Waals surface area contributed by atoms with E-state index in [2.05, 4.69) is 16.0 Å². The molecule has 3 rings (SSSR count). The van der Waals surface area contributed by atoms with Gasteiger partial charge in [0.05, 0.1) is 0 Å². The Bertz CT molecular complexity index is 1150. The SMILES string of the molecule is CC(C)[C@H](NC(=O)OCc1ccc(OCC(=O)NCC2CCCCCC2)cc1)C(=O)N[C@@H](Cc1ccccc1)C(=O)O. The minimum Gasteiger partial charge on any atom is -0.484 e. The van der Waals surface area contributed by atoms with Gasteiger partial charge in [0, 0.05) is 13.0 Å². The number of carbonyl (C=O) groups excluding carboxylic acids is 3. The molecule has 1 aliphatic carbocycles. The molecule has 2 atom stereocenters. The molecule has 0 bridgehead atoms. The van der Waals surface area contributed by atoms with Crippen LogP contribution in [0.2, 0.25) is 0 Å². The zero-order valence-electron chi connectivity index (χ0n) is 24.5.